The number of nitrogens with two attached hydrogens (primary N) is 1. The van der Waals surface area contributed by atoms with Gasteiger partial charge < -0.3 is 20.5 Å². The second-order valence-electron chi connectivity index (χ2n) is 7.68. The molecule has 164 valence electrons. The first-order chi connectivity index (χ1) is 15.4. The molecule has 0 saturated heterocycles. The van der Waals surface area contributed by atoms with Crippen LogP contribution in [-0.4, -0.2) is 25.0 Å². The molecule has 1 aliphatic heterocycles. The largest absolute Gasteiger partial charge is 0.468 e. The molecule has 0 spiro atoms. The summed E-state index contributed by atoms with van der Waals surface area (Å²) in [6.45, 7) is 0. The van der Waals surface area contributed by atoms with E-state index in [0.29, 0.717) is 24.2 Å². The number of esters is 1. The number of carbonyl (C=O) groups excluding carboxylic acids is 2. The Morgan fingerprint density at radius 3 is 2.53 bits per heavy atom. The zero-order valence-corrected chi connectivity index (χ0v) is 17.5. The fourth-order valence-corrected chi connectivity index (χ4v) is 3.78. The predicted octanol–water partition coefficient (Wildman–Crippen LogP) is 3.94. The summed E-state index contributed by atoms with van der Waals surface area (Å²) in [7, 11) is 1.29. The van der Waals surface area contributed by atoms with Gasteiger partial charge in [-0.15, -0.1) is 0 Å². The van der Waals surface area contributed by atoms with Gasteiger partial charge in [0.15, 0.2) is 11.6 Å². The minimum Gasteiger partial charge on any atom is -0.468 e. The molecular formula is C25H23FN2O4. The molecule has 1 aliphatic rings. The zero-order valence-electron chi connectivity index (χ0n) is 17.5. The topological polar surface area (TPSA) is 90.7 Å². The first kappa shape index (κ1) is 21.5. The lowest BCUT2D eigenvalue weighted by molar-refractivity contribution is -0.142. The molecule has 4 rings (SSSR count). The van der Waals surface area contributed by atoms with Crippen LogP contribution >= 0.6 is 0 Å². The van der Waals surface area contributed by atoms with E-state index < -0.39 is 17.8 Å². The van der Waals surface area contributed by atoms with E-state index in [0.717, 1.165) is 16.8 Å². The van der Waals surface area contributed by atoms with E-state index in [9.17, 15) is 14.0 Å². The first-order valence-corrected chi connectivity index (χ1v) is 10.2. The lowest BCUT2D eigenvalue weighted by atomic mass is 9.93. The van der Waals surface area contributed by atoms with Gasteiger partial charge in [-0.25, -0.2) is 4.39 Å². The third-order valence-electron chi connectivity index (χ3n) is 5.46. The number of fused-ring (bicyclic) bond motifs is 1. The molecule has 3 aromatic carbocycles. The Bertz CT molecular complexity index is 1150. The summed E-state index contributed by atoms with van der Waals surface area (Å²) in [6.07, 6.45) is 0.725. The van der Waals surface area contributed by atoms with Crippen molar-refractivity contribution in [1.82, 2.24) is 0 Å². The molecular weight excluding hydrogens is 411 g/mol. The highest BCUT2D eigenvalue weighted by Gasteiger charge is 2.30. The van der Waals surface area contributed by atoms with Crippen molar-refractivity contribution in [3.05, 3.63) is 89.2 Å². The number of anilines is 1. The van der Waals surface area contributed by atoms with Crippen molar-refractivity contribution in [3.8, 4) is 11.5 Å². The van der Waals surface area contributed by atoms with Gasteiger partial charge in [0.2, 0.25) is 5.91 Å². The van der Waals surface area contributed by atoms with E-state index in [2.05, 4.69) is 10.1 Å². The normalized spacial score (nSPS) is 15.6. The summed E-state index contributed by atoms with van der Waals surface area (Å²) < 4.78 is 25.0. The third kappa shape index (κ3) is 4.63. The maximum Gasteiger partial charge on any atom is 0.322 e. The second kappa shape index (κ2) is 9.20. The maximum atomic E-state index is 14.7. The number of ether oxygens (including phenoxy) is 2. The highest BCUT2D eigenvalue weighted by atomic mass is 19.1. The lowest BCUT2D eigenvalue weighted by Crippen LogP contribution is -2.33. The zero-order chi connectivity index (χ0) is 22.7. The molecule has 0 fully saturated rings. The van der Waals surface area contributed by atoms with Crippen molar-refractivity contribution in [2.45, 2.75) is 24.8 Å². The molecule has 2 atom stereocenters. The fourth-order valence-electron chi connectivity index (χ4n) is 3.78. The lowest BCUT2D eigenvalue weighted by Gasteiger charge is -2.12. The van der Waals surface area contributed by atoms with Crippen LogP contribution in [0.25, 0.3) is 0 Å². The molecule has 32 heavy (non-hydrogen) atoms. The van der Waals surface area contributed by atoms with Crippen LogP contribution in [0, 0.1) is 5.82 Å². The van der Waals surface area contributed by atoms with Crippen LogP contribution in [0.2, 0.25) is 0 Å². The van der Waals surface area contributed by atoms with Crippen LogP contribution in [0.1, 0.15) is 22.6 Å². The number of hydrogen-bond acceptors (Lipinski definition) is 5. The molecule has 1 heterocycles. The number of para-hydroxylation sites is 1. The van der Waals surface area contributed by atoms with Crippen LogP contribution in [-0.2, 0) is 27.2 Å². The van der Waals surface area contributed by atoms with Crippen molar-refractivity contribution in [2.75, 3.05) is 12.4 Å². The highest BCUT2D eigenvalue weighted by Crippen LogP contribution is 2.35. The van der Waals surface area contributed by atoms with Crippen molar-refractivity contribution in [2.24, 2.45) is 5.73 Å². The van der Waals surface area contributed by atoms with Crippen LogP contribution in [0.4, 0.5) is 10.1 Å². The van der Waals surface area contributed by atoms with Gasteiger partial charge in [0.05, 0.1) is 13.0 Å². The smallest absolute Gasteiger partial charge is 0.322 e. The minimum absolute atomic E-state index is 0.0843. The van der Waals surface area contributed by atoms with Crippen molar-refractivity contribution in [1.29, 1.82) is 0 Å². The van der Waals surface area contributed by atoms with E-state index in [1.807, 2.05) is 24.3 Å². The average Bonchev–Trinajstić information content (AvgIpc) is 3.11. The molecule has 0 radical (unpaired) electrons. The maximum absolute atomic E-state index is 14.7. The van der Waals surface area contributed by atoms with E-state index in [-0.39, 0.29) is 17.6 Å². The molecule has 3 N–H and O–H groups in total. The summed E-state index contributed by atoms with van der Waals surface area (Å²) in [6, 6.07) is 18.4. The number of benzene rings is 3. The fraction of sp³-hybridized carbons (Fsp3) is 0.200. The summed E-state index contributed by atoms with van der Waals surface area (Å²) in [5.74, 6) is -0.877. The number of halogens is 1. The Morgan fingerprint density at radius 1 is 1.09 bits per heavy atom. The van der Waals surface area contributed by atoms with Gasteiger partial charge in [-0.3, -0.25) is 9.59 Å². The number of methoxy groups -OCH3 is 1. The summed E-state index contributed by atoms with van der Waals surface area (Å²) in [4.78, 5) is 23.8. The van der Waals surface area contributed by atoms with Gasteiger partial charge in [0.1, 0.15) is 11.8 Å². The summed E-state index contributed by atoms with van der Waals surface area (Å²) in [5, 5.41) is 2.86. The Balaban J connectivity index is 1.42. The Morgan fingerprint density at radius 2 is 1.81 bits per heavy atom. The van der Waals surface area contributed by atoms with Gasteiger partial charge >= 0.3 is 5.97 Å². The first-order valence-electron chi connectivity index (χ1n) is 10.2. The minimum atomic E-state index is -0.745. The van der Waals surface area contributed by atoms with Gasteiger partial charge in [0.25, 0.3) is 0 Å². The quantitative estimate of drug-likeness (QED) is 0.550. The number of amides is 1. The van der Waals surface area contributed by atoms with E-state index in [4.69, 9.17) is 10.5 Å². The van der Waals surface area contributed by atoms with Crippen LogP contribution < -0.4 is 15.8 Å². The molecule has 0 aromatic heterocycles. The number of rotatable bonds is 7. The molecule has 6 nitrogen and oxygen atoms in total. The number of carbonyl (C=O) groups is 2. The Hall–Kier alpha value is -3.71. The predicted molar refractivity (Wildman–Crippen MR) is 118 cm³/mol. The van der Waals surface area contributed by atoms with Crippen molar-refractivity contribution >= 4 is 17.6 Å². The standard InChI is InChI=1S/C25H23FN2O4/c1-31-25(30)21(27)14-15-6-9-17(10-7-15)32-23-11-8-16(13-20(23)26)12-19-18-4-2-3-5-22(18)28-24(19)29/h2-11,13,19,21H,12,14,27H2,1H3,(H,28,29). The Labute approximate surface area is 185 Å². The van der Waals surface area contributed by atoms with E-state index in [1.165, 1.54) is 13.2 Å². The Kier molecular flexibility index (Phi) is 6.18. The van der Waals surface area contributed by atoms with Gasteiger partial charge in [-0.2, -0.15) is 0 Å². The average molecular weight is 434 g/mol. The molecule has 0 saturated carbocycles. The molecule has 3 aromatic rings. The van der Waals surface area contributed by atoms with E-state index in [1.54, 1.807) is 36.4 Å². The van der Waals surface area contributed by atoms with Crippen molar-refractivity contribution in [3.63, 3.8) is 0 Å². The number of nitrogens with one attached hydrogen (secondary N) is 1. The van der Waals surface area contributed by atoms with Gasteiger partial charge in [0, 0.05) is 5.69 Å². The second-order valence-corrected chi connectivity index (χ2v) is 7.68. The van der Waals surface area contributed by atoms with E-state index >= 15 is 0 Å². The molecule has 0 aliphatic carbocycles. The highest BCUT2D eigenvalue weighted by molar-refractivity contribution is 6.03. The third-order valence-corrected chi connectivity index (χ3v) is 5.46. The SMILES string of the molecule is COC(=O)C(N)Cc1ccc(Oc2ccc(CC3C(=O)Nc4ccccc43)cc2F)cc1. The van der Waals surface area contributed by atoms with Crippen molar-refractivity contribution < 1.29 is 23.5 Å². The number of hydrogen-bond donors (Lipinski definition) is 2. The summed E-state index contributed by atoms with van der Waals surface area (Å²) >= 11 is 0. The summed E-state index contributed by atoms with van der Waals surface area (Å²) in [5.41, 5.74) is 9.04. The van der Waals surface area contributed by atoms with Gasteiger partial charge in [-0.05, 0) is 59.9 Å². The van der Waals surface area contributed by atoms with Crippen LogP contribution in [0.5, 0.6) is 11.5 Å². The van der Waals surface area contributed by atoms with Crippen LogP contribution in [0.15, 0.2) is 66.7 Å². The molecule has 7 heteroatoms. The molecule has 1 amide bonds. The molecule has 0 bridgehead atoms. The van der Waals surface area contributed by atoms with Crippen LogP contribution in [0.3, 0.4) is 0 Å². The van der Waals surface area contributed by atoms with Gasteiger partial charge in [-0.1, -0.05) is 36.4 Å². The molecule has 2 unspecified atom stereocenters. The monoisotopic (exact) mass is 434 g/mol.